The number of aromatic amines is 1. The van der Waals surface area contributed by atoms with Crippen molar-refractivity contribution >= 4 is 35.3 Å². The van der Waals surface area contributed by atoms with E-state index in [1.54, 1.807) is 12.3 Å². The molecule has 29 heavy (non-hydrogen) atoms. The molecule has 0 fully saturated rings. The maximum Gasteiger partial charge on any atom is 0.347 e. The Kier molecular flexibility index (Phi) is 8.82. The minimum atomic E-state index is -0.303. The van der Waals surface area contributed by atoms with Gasteiger partial charge in [0, 0.05) is 19.3 Å². The fourth-order valence-electron chi connectivity index (χ4n) is 2.98. The number of anilines is 1. The number of aromatic nitrogens is 3. The van der Waals surface area contributed by atoms with Gasteiger partial charge in [-0.1, -0.05) is 23.7 Å². The third-order valence-corrected chi connectivity index (χ3v) is 4.56. The third kappa shape index (κ3) is 6.66. The third-order valence-electron chi connectivity index (χ3n) is 4.35. The summed E-state index contributed by atoms with van der Waals surface area (Å²) in [5.41, 5.74) is 2.22. The molecule has 2 N–H and O–H groups in total. The van der Waals surface area contributed by atoms with Crippen molar-refractivity contribution in [3.8, 4) is 5.75 Å². The lowest BCUT2D eigenvalue weighted by Gasteiger charge is -2.11. The van der Waals surface area contributed by atoms with Crippen molar-refractivity contribution in [1.82, 2.24) is 19.5 Å². The Hall–Kier alpha value is -2.22. The molecule has 158 valence electrons. The fourth-order valence-corrected chi connectivity index (χ4v) is 3.19. The number of pyridine rings is 1. The second kappa shape index (κ2) is 11.1. The zero-order chi connectivity index (χ0) is 19.9. The molecule has 0 spiro atoms. The van der Waals surface area contributed by atoms with Gasteiger partial charge in [-0.3, -0.25) is 0 Å². The first-order chi connectivity index (χ1) is 13.5. The first-order valence-corrected chi connectivity index (χ1v) is 9.77. The summed E-state index contributed by atoms with van der Waals surface area (Å²) in [5.74, 6) is 0.914. The molecule has 7 nitrogen and oxygen atoms in total. The van der Waals surface area contributed by atoms with Crippen molar-refractivity contribution in [2.45, 2.75) is 19.3 Å². The lowest BCUT2D eigenvalue weighted by molar-refractivity contribution is 0.281. The number of H-pyrrole nitrogens is 1. The van der Waals surface area contributed by atoms with E-state index in [1.165, 1.54) is 9.96 Å². The molecule has 0 saturated heterocycles. The van der Waals surface area contributed by atoms with Gasteiger partial charge in [0.05, 0.1) is 17.3 Å². The van der Waals surface area contributed by atoms with Crippen LogP contribution in [0.1, 0.15) is 18.4 Å². The lowest BCUT2D eigenvalue weighted by atomic mass is 10.1. The minimum absolute atomic E-state index is 0. The van der Waals surface area contributed by atoms with Crippen LogP contribution in [0.5, 0.6) is 5.75 Å². The van der Waals surface area contributed by atoms with E-state index in [0.717, 1.165) is 50.4 Å². The molecule has 3 rings (SSSR count). The molecule has 2 aromatic heterocycles. The van der Waals surface area contributed by atoms with E-state index in [4.69, 9.17) is 16.3 Å². The van der Waals surface area contributed by atoms with E-state index in [9.17, 15) is 4.79 Å². The predicted octanol–water partition coefficient (Wildman–Crippen LogP) is 3.47. The van der Waals surface area contributed by atoms with Crippen molar-refractivity contribution in [3.63, 3.8) is 0 Å². The number of hydrogen-bond donors (Lipinski definition) is 2. The number of nitrogens with zero attached hydrogens (tertiary/aromatic N) is 3. The van der Waals surface area contributed by atoms with Gasteiger partial charge in [-0.15, -0.1) is 12.4 Å². The van der Waals surface area contributed by atoms with Crippen molar-refractivity contribution in [3.05, 3.63) is 57.6 Å². The highest BCUT2D eigenvalue weighted by molar-refractivity contribution is 6.30. The lowest BCUT2D eigenvalue weighted by Crippen LogP contribution is -2.15. The van der Waals surface area contributed by atoms with Gasteiger partial charge in [0.1, 0.15) is 5.75 Å². The van der Waals surface area contributed by atoms with Crippen LogP contribution in [0.4, 0.5) is 5.69 Å². The Morgan fingerprint density at radius 2 is 2.10 bits per heavy atom. The zero-order valence-electron chi connectivity index (χ0n) is 16.7. The van der Waals surface area contributed by atoms with Crippen LogP contribution < -0.4 is 15.7 Å². The number of halogens is 2. The van der Waals surface area contributed by atoms with Gasteiger partial charge in [-0.05, 0) is 57.1 Å². The highest BCUT2D eigenvalue weighted by Gasteiger charge is 2.07. The van der Waals surface area contributed by atoms with E-state index in [2.05, 4.69) is 46.6 Å². The van der Waals surface area contributed by atoms with Crippen LogP contribution in [0.3, 0.4) is 0 Å². The van der Waals surface area contributed by atoms with Crippen molar-refractivity contribution in [2.24, 2.45) is 0 Å². The average molecular weight is 440 g/mol. The van der Waals surface area contributed by atoms with Gasteiger partial charge in [0.15, 0.2) is 5.65 Å². The van der Waals surface area contributed by atoms with E-state index in [0.29, 0.717) is 10.7 Å². The smallest absolute Gasteiger partial charge is 0.347 e. The number of fused-ring (bicyclic) bond motifs is 1. The van der Waals surface area contributed by atoms with Crippen LogP contribution in [-0.4, -0.2) is 53.3 Å². The van der Waals surface area contributed by atoms with Gasteiger partial charge >= 0.3 is 5.69 Å². The molecule has 9 heteroatoms. The Bertz CT molecular complexity index is 971. The Labute approximate surface area is 181 Å². The minimum Gasteiger partial charge on any atom is -0.494 e. The average Bonchev–Trinajstić information content (AvgIpc) is 3.03. The van der Waals surface area contributed by atoms with Crippen LogP contribution in [0.15, 0.2) is 41.3 Å². The SMILES string of the molecule is CN(C)CCCOc1cccc(CCCNc2cc(Cl)cn3c(=O)[nH]nc23)c1.Cl. The first-order valence-electron chi connectivity index (χ1n) is 9.39. The maximum atomic E-state index is 11.7. The van der Waals surface area contributed by atoms with Crippen LogP contribution in [0.2, 0.25) is 5.02 Å². The summed E-state index contributed by atoms with van der Waals surface area (Å²) in [6.07, 6.45) is 4.41. The maximum absolute atomic E-state index is 11.7. The molecule has 0 amide bonds. The molecule has 2 heterocycles. The molecule has 0 aliphatic heterocycles. The van der Waals surface area contributed by atoms with E-state index in [1.807, 2.05) is 12.1 Å². The molecule has 1 aromatic carbocycles. The highest BCUT2D eigenvalue weighted by atomic mass is 35.5. The molecule has 0 radical (unpaired) electrons. The van der Waals surface area contributed by atoms with Crippen molar-refractivity contribution < 1.29 is 4.74 Å². The summed E-state index contributed by atoms with van der Waals surface area (Å²) in [6, 6.07) is 10.0. The quantitative estimate of drug-likeness (QED) is 0.473. The summed E-state index contributed by atoms with van der Waals surface area (Å²) in [5, 5.41) is 10.3. The monoisotopic (exact) mass is 439 g/mol. The van der Waals surface area contributed by atoms with Crippen molar-refractivity contribution in [2.75, 3.05) is 39.1 Å². The number of nitrogens with one attached hydrogen (secondary N) is 2. The van der Waals surface area contributed by atoms with E-state index in [-0.39, 0.29) is 18.1 Å². The number of rotatable bonds is 10. The van der Waals surface area contributed by atoms with E-state index < -0.39 is 0 Å². The number of ether oxygens (including phenoxy) is 1. The molecule has 0 bridgehead atoms. The molecular weight excluding hydrogens is 413 g/mol. The molecular formula is C20H27Cl2N5O2. The topological polar surface area (TPSA) is 74.7 Å². The standard InChI is InChI=1S/C20H26ClN5O2.ClH/c1-25(2)10-5-11-28-17-8-3-6-15(12-17)7-4-9-22-18-13-16(21)14-26-19(18)23-24-20(26)27;/h3,6,8,12-14,22H,4-5,7,9-11H2,1-2H3,(H,24,27);1H. The predicted molar refractivity (Wildman–Crippen MR) is 120 cm³/mol. The summed E-state index contributed by atoms with van der Waals surface area (Å²) in [7, 11) is 4.13. The summed E-state index contributed by atoms with van der Waals surface area (Å²) >= 11 is 6.09. The van der Waals surface area contributed by atoms with Crippen LogP contribution in [0, 0.1) is 0 Å². The van der Waals surface area contributed by atoms with Gasteiger partial charge in [-0.25, -0.2) is 14.3 Å². The zero-order valence-corrected chi connectivity index (χ0v) is 18.2. The van der Waals surface area contributed by atoms with Crippen LogP contribution in [0.25, 0.3) is 5.65 Å². The highest BCUT2D eigenvalue weighted by Crippen LogP contribution is 2.20. The van der Waals surface area contributed by atoms with Gasteiger partial charge in [-0.2, -0.15) is 5.10 Å². The van der Waals surface area contributed by atoms with Crippen LogP contribution >= 0.6 is 24.0 Å². The molecule has 3 aromatic rings. The van der Waals surface area contributed by atoms with Gasteiger partial charge in [0.25, 0.3) is 0 Å². The molecule has 0 saturated carbocycles. The van der Waals surface area contributed by atoms with Crippen LogP contribution in [-0.2, 0) is 6.42 Å². The summed E-state index contributed by atoms with van der Waals surface area (Å²) in [4.78, 5) is 13.9. The molecule has 0 atom stereocenters. The van der Waals surface area contributed by atoms with E-state index >= 15 is 0 Å². The first kappa shape index (κ1) is 23.1. The number of benzene rings is 1. The normalized spacial score (nSPS) is 10.9. The molecule has 0 unspecified atom stereocenters. The molecule has 0 aliphatic carbocycles. The molecule has 0 aliphatic rings. The fraction of sp³-hybridized carbons (Fsp3) is 0.400. The Balaban J connectivity index is 0.00000300. The van der Waals surface area contributed by atoms with Crippen molar-refractivity contribution in [1.29, 1.82) is 0 Å². The van der Waals surface area contributed by atoms with Gasteiger partial charge in [0.2, 0.25) is 0 Å². The van der Waals surface area contributed by atoms with Gasteiger partial charge < -0.3 is 15.0 Å². The Morgan fingerprint density at radius 3 is 2.90 bits per heavy atom. The Morgan fingerprint density at radius 1 is 1.28 bits per heavy atom. The second-order valence-electron chi connectivity index (χ2n) is 6.98. The summed E-state index contributed by atoms with van der Waals surface area (Å²) in [6.45, 7) is 2.48. The number of hydrogen-bond acceptors (Lipinski definition) is 5. The summed E-state index contributed by atoms with van der Waals surface area (Å²) < 4.78 is 7.24. The second-order valence-corrected chi connectivity index (χ2v) is 7.41. The number of aryl methyl sites for hydroxylation is 1. The largest absolute Gasteiger partial charge is 0.494 e.